The fraction of sp³-hybridized carbons (Fsp3) is 0.357. The standard InChI is InChI=1S/C14H16O4/c1-10(9-15)13(16)12(14(17)18-2)8-11-6-4-3-5-7-11/h3-7,9-10,12H,8H2,1-2H3. The van der Waals surface area contributed by atoms with Gasteiger partial charge in [0.05, 0.1) is 13.0 Å². The van der Waals surface area contributed by atoms with Crippen molar-refractivity contribution in [3.63, 3.8) is 0 Å². The maximum atomic E-state index is 11.9. The number of Topliss-reactive ketones (excluding diaryl/α,β-unsaturated/α-hetero) is 1. The van der Waals surface area contributed by atoms with Gasteiger partial charge in [0.2, 0.25) is 0 Å². The van der Waals surface area contributed by atoms with Gasteiger partial charge in [-0.25, -0.2) is 0 Å². The summed E-state index contributed by atoms with van der Waals surface area (Å²) in [6.45, 7) is 1.48. The third-order valence-corrected chi connectivity index (χ3v) is 2.76. The van der Waals surface area contributed by atoms with E-state index < -0.39 is 23.6 Å². The summed E-state index contributed by atoms with van der Waals surface area (Å²) in [5.41, 5.74) is 0.861. The number of hydrogen-bond donors (Lipinski definition) is 0. The average Bonchev–Trinajstić information content (AvgIpc) is 2.43. The monoisotopic (exact) mass is 248 g/mol. The number of carbonyl (C=O) groups excluding carboxylic acids is 3. The summed E-state index contributed by atoms with van der Waals surface area (Å²) in [5, 5.41) is 0. The van der Waals surface area contributed by atoms with Gasteiger partial charge in [0, 0.05) is 0 Å². The fourth-order valence-electron chi connectivity index (χ4n) is 1.68. The van der Waals surface area contributed by atoms with Gasteiger partial charge < -0.3 is 9.53 Å². The Morgan fingerprint density at radius 2 is 1.89 bits per heavy atom. The molecule has 0 radical (unpaired) electrons. The van der Waals surface area contributed by atoms with Crippen LogP contribution in [0.1, 0.15) is 12.5 Å². The molecule has 0 aliphatic rings. The fourth-order valence-corrected chi connectivity index (χ4v) is 1.68. The normalized spacial score (nSPS) is 13.4. The first kappa shape index (κ1) is 14.1. The molecule has 0 saturated heterocycles. The summed E-state index contributed by atoms with van der Waals surface area (Å²) in [7, 11) is 1.24. The highest BCUT2D eigenvalue weighted by atomic mass is 16.5. The SMILES string of the molecule is COC(=O)C(Cc1ccccc1)C(=O)C(C)C=O. The van der Waals surface area contributed by atoms with Crippen molar-refractivity contribution >= 4 is 18.0 Å². The van der Waals surface area contributed by atoms with Gasteiger partial charge in [0.1, 0.15) is 12.2 Å². The van der Waals surface area contributed by atoms with Crippen molar-refractivity contribution in [2.45, 2.75) is 13.3 Å². The number of methoxy groups -OCH3 is 1. The second-order valence-electron chi connectivity index (χ2n) is 4.09. The van der Waals surface area contributed by atoms with Crippen molar-refractivity contribution < 1.29 is 19.1 Å². The van der Waals surface area contributed by atoms with Crippen LogP contribution >= 0.6 is 0 Å². The summed E-state index contributed by atoms with van der Waals surface area (Å²) in [6.07, 6.45) is 0.799. The van der Waals surface area contributed by atoms with Gasteiger partial charge in [-0.15, -0.1) is 0 Å². The molecule has 0 fully saturated rings. The van der Waals surface area contributed by atoms with Crippen LogP contribution in [0, 0.1) is 11.8 Å². The Hall–Kier alpha value is -1.97. The Kier molecular flexibility index (Phi) is 5.24. The van der Waals surface area contributed by atoms with Crippen molar-refractivity contribution in [2.24, 2.45) is 11.8 Å². The maximum Gasteiger partial charge on any atom is 0.316 e. The first-order valence-corrected chi connectivity index (χ1v) is 5.71. The Bertz CT molecular complexity index is 425. The largest absolute Gasteiger partial charge is 0.468 e. The van der Waals surface area contributed by atoms with Crippen LogP contribution < -0.4 is 0 Å². The molecule has 0 spiro atoms. The van der Waals surface area contributed by atoms with Crippen LogP contribution in [0.25, 0.3) is 0 Å². The highest BCUT2D eigenvalue weighted by molar-refractivity contribution is 6.05. The Labute approximate surface area is 106 Å². The number of rotatable bonds is 6. The molecule has 1 aromatic carbocycles. The third kappa shape index (κ3) is 3.52. The van der Waals surface area contributed by atoms with Crippen molar-refractivity contribution in [3.05, 3.63) is 35.9 Å². The van der Waals surface area contributed by atoms with Gasteiger partial charge in [-0.3, -0.25) is 9.59 Å². The topological polar surface area (TPSA) is 60.4 Å². The minimum atomic E-state index is -0.919. The molecule has 2 atom stereocenters. The molecular weight excluding hydrogens is 232 g/mol. The highest BCUT2D eigenvalue weighted by Gasteiger charge is 2.30. The second kappa shape index (κ2) is 6.69. The van der Waals surface area contributed by atoms with Crippen LogP contribution in [0.5, 0.6) is 0 Å². The molecule has 0 heterocycles. The van der Waals surface area contributed by atoms with Crippen LogP contribution in [0.2, 0.25) is 0 Å². The number of ether oxygens (including phenoxy) is 1. The molecule has 1 aromatic rings. The number of hydrogen-bond acceptors (Lipinski definition) is 4. The molecule has 0 amide bonds. The molecule has 4 nitrogen and oxygen atoms in total. The number of ketones is 1. The Morgan fingerprint density at radius 3 is 2.39 bits per heavy atom. The van der Waals surface area contributed by atoms with Gasteiger partial charge in [0.15, 0.2) is 5.78 Å². The Balaban J connectivity index is 2.89. The van der Waals surface area contributed by atoms with Gasteiger partial charge in [-0.05, 0) is 18.9 Å². The molecule has 0 aromatic heterocycles. The summed E-state index contributed by atoms with van der Waals surface area (Å²) in [5.74, 6) is -2.71. The van der Waals surface area contributed by atoms with Gasteiger partial charge in [-0.1, -0.05) is 30.3 Å². The molecule has 96 valence electrons. The predicted molar refractivity (Wildman–Crippen MR) is 65.9 cm³/mol. The molecule has 1 rings (SSSR count). The van der Waals surface area contributed by atoms with E-state index in [4.69, 9.17) is 0 Å². The lowest BCUT2D eigenvalue weighted by molar-refractivity contribution is -0.150. The lowest BCUT2D eigenvalue weighted by Crippen LogP contribution is -2.32. The van der Waals surface area contributed by atoms with Crippen LogP contribution in [0.4, 0.5) is 0 Å². The third-order valence-electron chi connectivity index (χ3n) is 2.76. The lowest BCUT2D eigenvalue weighted by atomic mass is 9.89. The van der Waals surface area contributed by atoms with E-state index in [0.29, 0.717) is 6.29 Å². The summed E-state index contributed by atoms with van der Waals surface area (Å²) in [4.78, 5) is 34.2. The molecule has 0 bridgehead atoms. The van der Waals surface area contributed by atoms with E-state index in [1.807, 2.05) is 30.3 Å². The van der Waals surface area contributed by atoms with Crippen molar-refractivity contribution in [1.29, 1.82) is 0 Å². The zero-order chi connectivity index (χ0) is 13.5. The molecule has 18 heavy (non-hydrogen) atoms. The zero-order valence-corrected chi connectivity index (χ0v) is 10.5. The zero-order valence-electron chi connectivity index (χ0n) is 10.5. The van der Waals surface area contributed by atoms with Gasteiger partial charge >= 0.3 is 5.97 Å². The molecular formula is C14H16O4. The van der Waals surface area contributed by atoms with E-state index in [2.05, 4.69) is 4.74 Å². The number of esters is 1. The molecule has 0 saturated carbocycles. The van der Waals surface area contributed by atoms with E-state index >= 15 is 0 Å². The first-order valence-electron chi connectivity index (χ1n) is 5.71. The minimum Gasteiger partial charge on any atom is -0.468 e. The summed E-state index contributed by atoms with van der Waals surface area (Å²) < 4.78 is 4.62. The van der Waals surface area contributed by atoms with E-state index in [-0.39, 0.29) is 6.42 Å². The van der Waals surface area contributed by atoms with Crippen molar-refractivity contribution in [2.75, 3.05) is 7.11 Å². The Morgan fingerprint density at radius 1 is 1.28 bits per heavy atom. The molecule has 4 heteroatoms. The molecule has 0 aliphatic heterocycles. The van der Waals surface area contributed by atoms with Crippen LogP contribution in [-0.4, -0.2) is 25.1 Å². The quantitative estimate of drug-likeness (QED) is 0.434. The smallest absolute Gasteiger partial charge is 0.316 e. The van der Waals surface area contributed by atoms with Crippen LogP contribution in [-0.2, 0) is 25.5 Å². The second-order valence-corrected chi connectivity index (χ2v) is 4.09. The van der Waals surface area contributed by atoms with Crippen LogP contribution in [0.15, 0.2) is 30.3 Å². The van der Waals surface area contributed by atoms with E-state index in [0.717, 1.165) is 5.56 Å². The van der Waals surface area contributed by atoms with Gasteiger partial charge in [0.25, 0.3) is 0 Å². The predicted octanol–water partition coefficient (Wildman–Crippen LogP) is 1.42. The number of carbonyl (C=O) groups is 3. The van der Waals surface area contributed by atoms with E-state index in [1.54, 1.807) is 0 Å². The number of aldehydes is 1. The van der Waals surface area contributed by atoms with E-state index in [1.165, 1.54) is 14.0 Å². The minimum absolute atomic E-state index is 0.254. The van der Waals surface area contributed by atoms with Crippen LogP contribution in [0.3, 0.4) is 0 Å². The van der Waals surface area contributed by atoms with Crippen molar-refractivity contribution in [3.8, 4) is 0 Å². The van der Waals surface area contributed by atoms with Gasteiger partial charge in [-0.2, -0.15) is 0 Å². The van der Waals surface area contributed by atoms with Crippen molar-refractivity contribution in [1.82, 2.24) is 0 Å². The summed E-state index contributed by atoms with van der Waals surface area (Å²) in [6, 6.07) is 9.17. The summed E-state index contributed by atoms with van der Waals surface area (Å²) >= 11 is 0. The molecule has 0 aliphatic carbocycles. The maximum absolute atomic E-state index is 11.9. The average molecular weight is 248 g/mol. The number of benzene rings is 1. The van der Waals surface area contributed by atoms with E-state index in [9.17, 15) is 14.4 Å². The lowest BCUT2D eigenvalue weighted by Gasteiger charge is -2.15. The highest BCUT2D eigenvalue weighted by Crippen LogP contribution is 2.15. The first-order chi connectivity index (χ1) is 8.60. The molecule has 0 N–H and O–H groups in total. The molecule has 2 unspecified atom stereocenters.